The molecule has 114 valence electrons. The van der Waals surface area contributed by atoms with Crippen LogP contribution < -0.4 is 10.5 Å². The van der Waals surface area contributed by atoms with Gasteiger partial charge in [-0.05, 0) is 18.2 Å². The van der Waals surface area contributed by atoms with Gasteiger partial charge in [0.1, 0.15) is 10.7 Å². The van der Waals surface area contributed by atoms with Gasteiger partial charge in [-0.2, -0.15) is 5.10 Å². The lowest BCUT2D eigenvalue weighted by Gasteiger charge is -2.10. The fourth-order valence-corrected chi connectivity index (χ4v) is 3.23. The van der Waals surface area contributed by atoms with Gasteiger partial charge < -0.3 is 5.73 Å². The summed E-state index contributed by atoms with van der Waals surface area (Å²) in [7, 11) is -2.37. The first-order valence-electron chi connectivity index (χ1n) is 5.99. The highest BCUT2D eigenvalue weighted by atomic mass is 35.5. The molecule has 6 nitrogen and oxygen atoms in total. The van der Waals surface area contributed by atoms with Crippen LogP contribution >= 0.6 is 11.6 Å². The number of nitrogens with zero attached hydrogens (tertiary/aromatic N) is 2. The van der Waals surface area contributed by atoms with Gasteiger partial charge in [0.25, 0.3) is 0 Å². The van der Waals surface area contributed by atoms with Crippen molar-refractivity contribution in [3.05, 3.63) is 46.5 Å². The molecule has 0 aliphatic rings. The summed E-state index contributed by atoms with van der Waals surface area (Å²) >= 11 is 5.80. The molecule has 0 fully saturated rings. The molecule has 0 aliphatic carbocycles. The number of nitrogens with two attached hydrogens (primary N) is 1. The Morgan fingerprint density at radius 3 is 2.76 bits per heavy atom. The molecule has 0 unspecified atom stereocenters. The number of rotatable bonds is 5. The van der Waals surface area contributed by atoms with Gasteiger partial charge in [-0.25, -0.2) is 17.5 Å². The molecule has 0 saturated heterocycles. The average Bonchev–Trinajstić information content (AvgIpc) is 2.84. The molecule has 21 heavy (non-hydrogen) atoms. The third-order valence-electron chi connectivity index (χ3n) is 2.95. The van der Waals surface area contributed by atoms with Gasteiger partial charge in [-0.1, -0.05) is 11.6 Å². The Balaban J connectivity index is 2.32. The molecule has 0 spiro atoms. The first-order chi connectivity index (χ1) is 9.85. The van der Waals surface area contributed by atoms with Crippen molar-refractivity contribution >= 4 is 21.6 Å². The molecule has 0 atom stereocenters. The van der Waals surface area contributed by atoms with Crippen molar-refractivity contribution in [3.63, 3.8) is 0 Å². The van der Waals surface area contributed by atoms with Gasteiger partial charge in [-0.15, -0.1) is 0 Å². The third-order valence-corrected chi connectivity index (χ3v) is 4.57. The van der Waals surface area contributed by atoms with E-state index in [1.54, 1.807) is 13.1 Å². The standard InChI is InChI=1S/C12H14ClFN4O2S/c1-18-10(2-3-16-18)7-17-21(19,20)11-5-9(13)4-8(6-15)12(11)14/h2-5,17H,6-7,15H2,1H3. The molecule has 0 aliphatic heterocycles. The molecular formula is C12H14ClFN4O2S. The monoisotopic (exact) mass is 332 g/mol. The van der Waals surface area contributed by atoms with E-state index in [-0.39, 0.29) is 23.7 Å². The molecular weight excluding hydrogens is 319 g/mol. The number of nitrogens with one attached hydrogen (secondary N) is 1. The molecule has 0 bridgehead atoms. The second-order valence-electron chi connectivity index (χ2n) is 4.35. The van der Waals surface area contributed by atoms with Crippen molar-refractivity contribution in [2.45, 2.75) is 18.0 Å². The first kappa shape index (κ1) is 15.9. The van der Waals surface area contributed by atoms with Gasteiger partial charge in [-0.3, -0.25) is 4.68 Å². The van der Waals surface area contributed by atoms with Crippen molar-refractivity contribution in [2.24, 2.45) is 12.8 Å². The Labute approximate surface area is 126 Å². The molecule has 2 aromatic rings. The number of aromatic nitrogens is 2. The van der Waals surface area contributed by atoms with Crippen LogP contribution in [0.1, 0.15) is 11.3 Å². The molecule has 0 saturated carbocycles. The highest BCUT2D eigenvalue weighted by Gasteiger charge is 2.22. The topological polar surface area (TPSA) is 90.0 Å². The van der Waals surface area contributed by atoms with Crippen LogP contribution in [-0.2, 0) is 30.2 Å². The SMILES string of the molecule is Cn1nccc1CNS(=O)(=O)c1cc(Cl)cc(CN)c1F. The maximum atomic E-state index is 14.1. The van der Waals surface area contributed by atoms with E-state index >= 15 is 0 Å². The van der Waals surface area contributed by atoms with Crippen LogP contribution in [-0.4, -0.2) is 18.2 Å². The lowest BCUT2D eigenvalue weighted by molar-refractivity contribution is 0.548. The van der Waals surface area contributed by atoms with Gasteiger partial charge in [0.2, 0.25) is 10.0 Å². The molecule has 1 heterocycles. The molecule has 1 aromatic heterocycles. The summed E-state index contributed by atoms with van der Waals surface area (Å²) in [6.07, 6.45) is 1.54. The van der Waals surface area contributed by atoms with Crippen LogP contribution in [0.25, 0.3) is 0 Å². The maximum Gasteiger partial charge on any atom is 0.243 e. The van der Waals surface area contributed by atoms with Crippen LogP contribution in [0.2, 0.25) is 5.02 Å². The van der Waals surface area contributed by atoms with E-state index in [1.165, 1.54) is 16.9 Å². The van der Waals surface area contributed by atoms with E-state index in [0.29, 0.717) is 5.69 Å². The van der Waals surface area contributed by atoms with E-state index < -0.39 is 20.7 Å². The van der Waals surface area contributed by atoms with E-state index in [4.69, 9.17) is 17.3 Å². The normalized spacial score (nSPS) is 11.8. The number of hydrogen-bond acceptors (Lipinski definition) is 4. The summed E-state index contributed by atoms with van der Waals surface area (Å²) in [5.41, 5.74) is 6.06. The van der Waals surface area contributed by atoms with Crippen LogP contribution in [0.5, 0.6) is 0 Å². The van der Waals surface area contributed by atoms with Crippen molar-refractivity contribution in [2.75, 3.05) is 0 Å². The minimum atomic E-state index is -4.04. The largest absolute Gasteiger partial charge is 0.326 e. The highest BCUT2D eigenvalue weighted by molar-refractivity contribution is 7.89. The average molecular weight is 333 g/mol. The molecule has 2 rings (SSSR count). The van der Waals surface area contributed by atoms with Crippen molar-refractivity contribution in [1.29, 1.82) is 0 Å². The maximum absolute atomic E-state index is 14.1. The zero-order valence-electron chi connectivity index (χ0n) is 11.2. The zero-order valence-corrected chi connectivity index (χ0v) is 12.7. The molecule has 0 amide bonds. The zero-order chi connectivity index (χ0) is 15.6. The molecule has 9 heteroatoms. The first-order valence-corrected chi connectivity index (χ1v) is 7.86. The fraction of sp³-hybridized carbons (Fsp3) is 0.250. The lowest BCUT2D eigenvalue weighted by atomic mass is 10.2. The predicted octanol–water partition coefficient (Wildman–Crippen LogP) is 1.15. The Morgan fingerprint density at radius 2 is 2.19 bits per heavy atom. The summed E-state index contributed by atoms with van der Waals surface area (Å²) < 4.78 is 42.3. The van der Waals surface area contributed by atoms with Crippen LogP contribution in [0.15, 0.2) is 29.3 Å². The minimum Gasteiger partial charge on any atom is -0.326 e. The van der Waals surface area contributed by atoms with Crippen LogP contribution in [0.4, 0.5) is 4.39 Å². The second kappa shape index (κ2) is 6.10. The van der Waals surface area contributed by atoms with Crippen molar-refractivity contribution in [3.8, 4) is 0 Å². The number of benzene rings is 1. The van der Waals surface area contributed by atoms with E-state index in [9.17, 15) is 12.8 Å². The second-order valence-corrected chi connectivity index (χ2v) is 6.52. The number of halogens is 2. The molecule has 1 aromatic carbocycles. The van der Waals surface area contributed by atoms with Gasteiger partial charge in [0.05, 0.1) is 12.2 Å². The smallest absolute Gasteiger partial charge is 0.243 e. The lowest BCUT2D eigenvalue weighted by Crippen LogP contribution is -2.26. The fourth-order valence-electron chi connectivity index (χ4n) is 1.78. The Bertz CT molecular complexity index is 761. The van der Waals surface area contributed by atoms with Crippen molar-refractivity contribution in [1.82, 2.24) is 14.5 Å². The van der Waals surface area contributed by atoms with E-state index in [1.807, 2.05) is 0 Å². The number of aryl methyl sites for hydroxylation is 1. The number of sulfonamides is 1. The third kappa shape index (κ3) is 3.41. The van der Waals surface area contributed by atoms with E-state index in [0.717, 1.165) is 6.07 Å². The van der Waals surface area contributed by atoms with E-state index in [2.05, 4.69) is 9.82 Å². The predicted molar refractivity (Wildman–Crippen MR) is 76.5 cm³/mol. The summed E-state index contributed by atoms with van der Waals surface area (Å²) in [4.78, 5) is -0.516. The Morgan fingerprint density at radius 1 is 1.48 bits per heavy atom. The molecule has 3 N–H and O–H groups in total. The summed E-state index contributed by atoms with van der Waals surface area (Å²) in [6, 6.07) is 4.01. The summed E-state index contributed by atoms with van der Waals surface area (Å²) in [5.74, 6) is -0.889. The van der Waals surface area contributed by atoms with Crippen LogP contribution in [0, 0.1) is 5.82 Å². The quantitative estimate of drug-likeness (QED) is 0.859. The van der Waals surface area contributed by atoms with Crippen molar-refractivity contribution < 1.29 is 12.8 Å². The van der Waals surface area contributed by atoms with Gasteiger partial charge in [0.15, 0.2) is 0 Å². The van der Waals surface area contributed by atoms with Crippen LogP contribution in [0.3, 0.4) is 0 Å². The van der Waals surface area contributed by atoms with Gasteiger partial charge >= 0.3 is 0 Å². The highest BCUT2D eigenvalue weighted by Crippen LogP contribution is 2.23. The Kier molecular flexibility index (Phi) is 4.62. The summed E-state index contributed by atoms with van der Waals surface area (Å²) in [5, 5.41) is 4.03. The molecule has 0 radical (unpaired) electrons. The Hall–Kier alpha value is -1.48. The number of hydrogen-bond donors (Lipinski definition) is 2. The summed E-state index contributed by atoms with van der Waals surface area (Å²) in [6.45, 7) is -0.153. The van der Waals surface area contributed by atoms with Gasteiger partial charge in [0, 0.05) is 30.4 Å². The minimum absolute atomic E-state index is 0.0112.